The molecule has 7 nitrogen and oxygen atoms in total. The Labute approximate surface area is 208 Å². The van der Waals surface area contributed by atoms with Gasteiger partial charge >= 0.3 is 5.97 Å². The van der Waals surface area contributed by atoms with Crippen LogP contribution in [0, 0.1) is 5.92 Å². The van der Waals surface area contributed by atoms with E-state index in [0.717, 1.165) is 24.2 Å². The number of hydrogen-bond donors (Lipinski definition) is 1. The van der Waals surface area contributed by atoms with Gasteiger partial charge in [0, 0.05) is 26.2 Å². The van der Waals surface area contributed by atoms with Crippen molar-refractivity contribution >= 4 is 12.0 Å². The zero-order valence-corrected chi connectivity index (χ0v) is 21.2. The average molecular weight is 487 g/mol. The molecule has 7 heteroatoms. The lowest BCUT2D eigenvalue weighted by Crippen LogP contribution is -2.55. The van der Waals surface area contributed by atoms with Crippen LogP contribution in [0.4, 0.5) is 0 Å². The monoisotopic (exact) mass is 486 g/mol. The molecule has 6 atom stereocenters. The summed E-state index contributed by atoms with van der Waals surface area (Å²) in [6, 6.07) is 7.43. The van der Waals surface area contributed by atoms with Crippen LogP contribution in [0.25, 0.3) is 6.08 Å². The van der Waals surface area contributed by atoms with Gasteiger partial charge in [-0.15, -0.1) is 0 Å². The van der Waals surface area contributed by atoms with Crippen LogP contribution >= 0.6 is 0 Å². The highest BCUT2D eigenvalue weighted by atomic mass is 16.6. The molecule has 1 aromatic carbocycles. The standard InChI is InChI=1S/C28H38O7/c1-19(2)6-12-23-27(3,35-23)26-25(31-4)22(14-15-28(26)18-33-28)34-24(30)13-9-20-7-10-21(11-8-20)32-17-5-16-29/h6-11,13,22-23,25-26,29H,5,12,14-18H2,1-4H3/t22-,23-,25-,26-,27+,28+/m1/s1. The van der Waals surface area contributed by atoms with Crippen LogP contribution < -0.4 is 4.74 Å². The quantitative estimate of drug-likeness (QED) is 0.166. The summed E-state index contributed by atoms with van der Waals surface area (Å²) in [6.07, 6.45) is 7.83. The first-order valence-electron chi connectivity index (χ1n) is 12.5. The van der Waals surface area contributed by atoms with Crippen molar-refractivity contribution in [2.45, 2.75) is 76.0 Å². The van der Waals surface area contributed by atoms with E-state index in [4.69, 9.17) is 28.8 Å². The van der Waals surface area contributed by atoms with Gasteiger partial charge in [-0.1, -0.05) is 23.8 Å². The Balaban J connectivity index is 1.37. The summed E-state index contributed by atoms with van der Waals surface area (Å²) in [7, 11) is 1.68. The molecule has 3 aliphatic rings. The lowest BCUT2D eigenvalue weighted by molar-refractivity contribution is -0.166. The lowest BCUT2D eigenvalue weighted by Gasteiger charge is -2.42. The van der Waals surface area contributed by atoms with Crippen molar-refractivity contribution in [3.05, 3.63) is 47.6 Å². The van der Waals surface area contributed by atoms with Gasteiger partial charge < -0.3 is 28.8 Å². The lowest BCUT2D eigenvalue weighted by atomic mass is 9.68. The highest BCUT2D eigenvalue weighted by Gasteiger charge is 2.72. The summed E-state index contributed by atoms with van der Waals surface area (Å²) in [4.78, 5) is 12.7. The Kier molecular flexibility index (Phi) is 8.01. The first-order valence-corrected chi connectivity index (χ1v) is 12.5. The first-order chi connectivity index (χ1) is 16.8. The molecule has 0 amide bonds. The summed E-state index contributed by atoms with van der Waals surface area (Å²) >= 11 is 0. The Bertz CT molecular complexity index is 929. The molecule has 0 radical (unpaired) electrons. The number of hydrogen-bond acceptors (Lipinski definition) is 7. The summed E-state index contributed by atoms with van der Waals surface area (Å²) in [6.45, 7) is 7.59. The third-order valence-corrected chi connectivity index (χ3v) is 7.37. The average Bonchev–Trinajstić information content (AvgIpc) is 3.75. The van der Waals surface area contributed by atoms with Gasteiger partial charge in [-0.3, -0.25) is 0 Å². The number of allylic oxidation sites excluding steroid dienone is 1. The number of esters is 1. The minimum atomic E-state index is -0.394. The van der Waals surface area contributed by atoms with Crippen molar-refractivity contribution in [3.63, 3.8) is 0 Å². The molecule has 2 aliphatic heterocycles. The van der Waals surface area contributed by atoms with Crippen LogP contribution in [-0.4, -0.2) is 67.5 Å². The van der Waals surface area contributed by atoms with Gasteiger partial charge in [0.2, 0.25) is 0 Å². The van der Waals surface area contributed by atoms with Crippen molar-refractivity contribution in [2.24, 2.45) is 5.92 Å². The molecule has 1 N–H and O–H groups in total. The molecule has 0 unspecified atom stereocenters. The number of benzene rings is 1. The van der Waals surface area contributed by atoms with Crippen molar-refractivity contribution in [1.82, 2.24) is 0 Å². The highest BCUT2D eigenvalue weighted by Crippen LogP contribution is 2.59. The maximum atomic E-state index is 12.7. The first kappa shape index (κ1) is 25.9. The number of epoxide rings is 2. The van der Waals surface area contributed by atoms with Crippen molar-refractivity contribution in [3.8, 4) is 5.75 Å². The Morgan fingerprint density at radius 2 is 2.00 bits per heavy atom. The van der Waals surface area contributed by atoms with E-state index >= 15 is 0 Å². The molecule has 3 fully saturated rings. The molecule has 4 rings (SSSR count). The van der Waals surface area contributed by atoms with E-state index in [1.807, 2.05) is 24.3 Å². The normalized spacial score (nSPS) is 33.5. The van der Waals surface area contributed by atoms with E-state index in [0.29, 0.717) is 26.1 Å². The van der Waals surface area contributed by atoms with Gasteiger partial charge in [0.05, 0.1) is 25.2 Å². The number of aliphatic hydroxyl groups is 1. The van der Waals surface area contributed by atoms with E-state index in [-0.39, 0.29) is 42.0 Å². The SMILES string of the molecule is CO[C@@H]1[C@H](OC(=O)C=Cc2ccc(OCCCO)cc2)CC[C@]2(CO2)[C@H]1[C@@]1(C)O[C@@H]1CC=C(C)C. The van der Waals surface area contributed by atoms with E-state index in [2.05, 4.69) is 26.8 Å². The van der Waals surface area contributed by atoms with E-state index in [1.165, 1.54) is 11.6 Å². The van der Waals surface area contributed by atoms with Gasteiger partial charge in [-0.2, -0.15) is 0 Å². The van der Waals surface area contributed by atoms with E-state index in [1.54, 1.807) is 13.2 Å². The molecule has 1 spiro atoms. The third-order valence-electron chi connectivity index (χ3n) is 7.37. The second-order valence-corrected chi connectivity index (χ2v) is 10.2. The highest BCUT2D eigenvalue weighted by molar-refractivity contribution is 5.87. The number of methoxy groups -OCH3 is 1. The molecular formula is C28H38O7. The molecule has 0 aromatic heterocycles. The number of carbonyl (C=O) groups is 1. The van der Waals surface area contributed by atoms with Crippen LogP contribution in [0.2, 0.25) is 0 Å². The zero-order valence-electron chi connectivity index (χ0n) is 21.2. The maximum Gasteiger partial charge on any atom is 0.331 e. The molecule has 1 aromatic rings. The van der Waals surface area contributed by atoms with Gasteiger partial charge in [-0.25, -0.2) is 4.79 Å². The molecule has 1 saturated carbocycles. The van der Waals surface area contributed by atoms with Crippen LogP contribution in [0.1, 0.15) is 52.0 Å². The molecule has 35 heavy (non-hydrogen) atoms. The second kappa shape index (κ2) is 10.8. The van der Waals surface area contributed by atoms with Crippen LogP contribution in [-0.2, 0) is 23.7 Å². The Hall–Kier alpha value is -2.19. The van der Waals surface area contributed by atoms with E-state index < -0.39 is 5.97 Å². The smallest absolute Gasteiger partial charge is 0.331 e. The topological polar surface area (TPSA) is 90.1 Å². The van der Waals surface area contributed by atoms with E-state index in [9.17, 15) is 4.79 Å². The fourth-order valence-electron chi connectivity index (χ4n) is 5.35. The molecule has 2 saturated heterocycles. The number of rotatable bonds is 11. The summed E-state index contributed by atoms with van der Waals surface area (Å²) < 4.78 is 29.6. The number of carbonyl (C=O) groups excluding carboxylic acids is 1. The van der Waals surface area contributed by atoms with Crippen molar-refractivity contribution in [1.29, 1.82) is 0 Å². The zero-order chi connectivity index (χ0) is 25.1. The van der Waals surface area contributed by atoms with Gasteiger partial charge in [0.25, 0.3) is 0 Å². The van der Waals surface area contributed by atoms with Gasteiger partial charge in [0.1, 0.15) is 29.2 Å². The summed E-state index contributed by atoms with van der Waals surface area (Å²) in [5.74, 6) is 0.337. The maximum absolute atomic E-state index is 12.7. The molecule has 0 bridgehead atoms. The predicted octanol–water partition coefficient (Wildman–Crippen LogP) is 4.08. The van der Waals surface area contributed by atoms with Crippen molar-refractivity contribution in [2.75, 3.05) is 26.9 Å². The molecular weight excluding hydrogens is 448 g/mol. The minimum Gasteiger partial charge on any atom is -0.494 e. The van der Waals surface area contributed by atoms with Gasteiger partial charge in [-0.05, 0) is 63.8 Å². The van der Waals surface area contributed by atoms with Gasteiger partial charge in [0.15, 0.2) is 0 Å². The summed E-state index contributed by atoms with van der Waals surface area (Å²) in [5, 5.41) is 8.84. The van der Waals surface area contributed by atoms with Crippen LogP contribution in [0.5, 0.6) is 5.75 Å². The Morgan fingerprint density at radius 1 is 1.26 bits per heavy atom. The third kappa shape index (κ3) is 5.97. The molecule has 192 valence electrons. The Morgan fingerprint density at radius 3 is 2.63 bits per heavy atom. The van der Waals surface area contributed by atoms with Crippen molar-refractivity contribution < 1.29 is 33.6 Å². The predicted molar refractivity (Wildman–Crippen MR) is 132 cm³/mol. The number of aliphatic hydroxyl groups excluding tert-OH is 1. The molecule has 1 aliphatic carbocycles. The fraction of sp³-hybridized carbons (Fsp3) is 0.607. The second-order valence-electron chi connectivity index (χ2n) is 10.2. The summed E-state index contributed by atoms with van der Waals surface area (Å²) in [5.41, 5.74) is 1.54. The fourth-order valence-corrected chi connectivity index (χ4v) is 5.35. The number of ether oxygens (including phenoxy) is 5. The largest absolute Gasteiger partial charge is 0.494 e. The molecule has 2 heterocycles. The minimum absolute atomic E-state index is 0.00414. The van der Waals surface area contributed by atoms with Crippen LogP contribution in [0.3, 0.4) is 0 Å². The van der Waals surface area contributed by atoms with Crippen LogP contribution in [0.15, 0.2) is 42.0 Å².